The van der Waals surface area contributed by atoms with Crippen LogP contribution in [0.15, 0.2) is 28.7 Å². The van der Waals surface area contributed by atoms with Gasteiger partial charge in [0.25, 0.3) is 0 Å². The Labute approximate surface area is 144 Å². The van der Waals surface area contributed by atoms with Crippen molar-refractivity contribution in [1.82, 2.24) is 4.90 Å². The number of esters is 1. The van der Waals surface area contributed by atoms with Crippen LogP contribution in [0.4, 0.5) is 4.39 Å². The Kier molecular flexibility index (Phi) is 7.95. The van der Waals surface area contributed by atoms with Crippen LogP contribution in [-0.2, 0) is 14.3 Å². The first-order valence-corrected chi connectivity index (χ1v) is 8.11. The predicted molar refractivity (Wildman–Crippen MR) is 91.2 cm³/mol. The lowest BCUT2D eigenvalue weighted by molar-refractivity contribution is -0.141. The highest BCUT2D eigenvalue weighted by Crippen LogP contribution is 2.17. The summed E-state index contributed by atoms with van der Waals surface area (Å²) in [6.07, 6.45) is 2.90. The average Bonchev–Trinajstić information content (AvgIpc) is 2.51. The van der Waals surface area contributed by atoms with Crippen molar-refractivity contribution in [3.05, 3.63) is 40.1 Å². The summed E-state index contributed by atoms with van der Waals surface area (Å²) in [5.41, 5.74) is 0.324. The lowest BCUT2D eigenvalue weighted by Crippen LogP contribution is -2.34. The number of ether oxygens (including phenoxy) is 1. The number of hydrogen-bond donors (Lipinski definition) is 0. The summed E-state index contributed by atoms with van der Waals surface area (Å²) in [4.78, 5) is 25.1. The molecular formula is C17H21BrFNO3. The van der Waals surface area contributed by atoms with Gasteiger partial charge in [0.05, 0.1) is 13.5 Å². The Morgan fingerprint density at radius 1 is 1.39 bits per heavy atom. The summed E-state index contributed by atoms with van der Waals surface area (Å²) < 4.78 is 19.0. The van der Waals surface area contributed by atoms with E-state index >= 15 is 0 Å². The monoisotopic (exact) mass is 385 g/mol. The third-order valence-electron chi connectivity index (χ3n) is 3.07. The smallest absolute Gasteiger partial charge is 0.307 e. The molecule has 0 unspecified atom stereocenters. The van der Waals surface area contributed by atoms with Crippen LogP contribution in [0.3, 0.4) is 0 Å². The fraction of sp³-hybridized carbons (Fsp3) is 0.412. The zero-order chi connectivity index (χ0) is 17.4. The van der Waals surface area contributed by atoms with Crippen LogP contribution < -0.4 is 0 Å². The number of benzene rings is 1. The maximum Gasteiger partial charge on any atom is 0.307 e. The van der Waals surface area contributed by atoms with E-state index in [9.17, 15) is 14.0 Å². The minimum absolute atomic E-state index is 0.133. The molecule has 0 N–H and O–H groups in total. The van der Waals surface area contributed by atoms with E-state index in [1.54, 1.807) is 17.0 Å². The molecule has 1 aromatic rings. The second-order valence-electron chi connectivity index (χ2n) is 5.50. The lowest BCUT2D eigenvalue weighted by Gasteiger charge is -2.22. The molecule has 0 aliphatic rings. The van der Waals surface area contributed by atoms with Crippen molar-refractivity contribution in [2.45, 2.75) is 20.3 Å². The van der Waals surface area contributed by atoms with Crippen LogP contribution in [0.25, 0.3) is 6.08 Å². The summed E-state index contributed by atoms with van der Waals surface area (Å²) >= 11 is 3.27. The topological polar surface area (TPSA) is 46.6 Å². The van der Waals surface area contributed by atoms with Gasteiger partial charge in [-0.25, -0.2) is 4.39 Å². The standard InChI is InChI=1S/C17H21BrFNO3/c1-12(2)11-20(9-8-17(22)23-3)16(21)7-4-13-10-14(18)5-6-15(13)19/h4-7,10,12H,8-9,11H2,1-3H3/b7-4+. The molecule has 0 fully saturated rings. The van der Waals surface area contributed by atoms with Gasteiger partial charge in [-0.1, -0.05) is 29.8 Å². The van der Waals surface area contributed by atoms with E-state index in [0.29, 0.717) is 12.1 Å². The van der Waals surface area contributed by atoms with E-state index in [-0.39, 0.29) is 30.8 Å². The van der Waals surface area contributed by atoms with Crippen LogP contribution >= 0.6 is 15.9 Å². The molecule has 0 spiro atoms. The molecular weight excluding hydrogens is 365 g/mol. The maximum absolute atomic E-state index is 13.7. The maximum atomic E-state index is 13.7. The first-order valence-electron chi connectivity index (χ1n) is 7.32. The van der Waals surface area contributed by atoms with Crippen molar-refractivity contribution in [3.8, 4) is 0 Å². The fourth-order valence-corrected chi connectivity index (χ4v) is 2.35. The van der Waals surface area contributed by atoms with Gasteiger partial charge in [-0.05, 0) is 30.2 Å². The first kappa shape index (κ1) is 19.4. The molecule has 6 heteroatoms. The summed E-state index contributed by atoms with van der Waals surface area (Å²) in [6, 6.07) is 4.52. The molecule has 4 nitrogen and oxygen atoms in total. The summed E-state index contributed by atoms with van der Waals surface area (Å²) in [5.74, 6) is -0.773. The average molecular weight is 386 g/mol. The largest absolute Gasteiger partial charge is 0.469 e. The van der Waals surface area contributed by atoms with Gasteiger partial charge in [-0.15, -0.1) is 0 Å². The van der Waals surface area contributed by atoms with Crippen molar-refractivity contribution in [3.63, 3.8) is 0 Å². The number of carbonyl (C=O) groups is 2. The Hall–Kier alpha value is -1.69. The van der Waals surface area contributed by atoms with Crippen molar-refractivity contribution >= 4 is 33.9 Å². The van der Waals surface area contributed by atoms with Crippen LogP contribution in [0.1, 0.15) is 25.8 Å². The molecule has 1 aromatic carbocycles. The van der Waals surface area contributed by atoms with E-state index in [0.717, 1.165) is 4.47 Å². The molecule has 0 aromatic heterocycles. The summed E-state index contributed by atoms with van der Waals surface area (Å²) in [5, 5.41) is 0. The SMILES string of the molecule is COC(=O)CCN(CC(C)C)C(=O)/C=C/c1cc(Br)ccc1F. The van der Waals surface area contributed by atoms with Gasteiger partial charge in [0, 0.05) is 29.2 Å². The van der Waals surface area contributed by atoms with Crippen LogP contribution in [-0.4, -0.2) is 37.0 Å². The molecule has 0 atom stereocenters. The quantitative estimate of drug-likeness (QED) is 0.531. The Balaban J connectivity index is 2.80. The lowest BCUT2D eigenvalue weighted by atomic mass is 10.1. The van der Waals surface area contributed by atoms with Gasteiger partial charge < -0.3 is 9.64 Å². The van der Waals surface area contributed by atoms with E-state index in [1.807, 2.05) is 13.8 Å². The number of carbonyl (C=O) groups excluding carboxylic acids is 2. The van der Waals surface area contributed by atoms with E-state index in [4.69, 9.17) is 0 Å². The third-order valence-corrected chi connectivity index (χ3v) is 3.57. The molecule has 0 aliphatic heterocycles. The molecule has 0 radical (unpaired) electrons. The van der Waals surface area contributed by atoms with E-state index < -0.39 is 5.82 Å². The van der Waals surface area contributed by atoms with E-state index in [1.165, 1.54) is 25.3 Å². The highest BCUT2D eigenvalue weighted by molar-refractivity contribution is 9.10. The zero-order valence-electron chi connectivity index (χ0n) is 13.5. The second kappa shape index (κ2) is 9.45. The molecule has 0 saturated carbocycles. The Morgan fingerprint density at radius 3 is 2.70 bits per heavy atom. The molecule has 0 heterocycles. The number of amides is 1. The number of halogens is 2. The Morgan fingerprint density at radius 2 is 2.09 bits per heavy atom. The van der Waals surface area contributed by atoms with Crippen LogP contribution in [0.2, 0.25) is 0 Å². The number of hydrogen-bond acceptors (Lipinski definition) is 3. The molecule has 0 aliphatic carbocycles. The molecule has 1 rings (SSSR count). The molecule has 0 bridgehead atoms. The number of methoxy groups -OCH3 is 1. The van der Waals surface area contributed by atoms with Gasteiger partial charge in [0.2, 0.25) is 5.91 Å². The van der Waals surface area contributed by atoms with Gasteiger partial charge in [0.15, 0.2) is 0 Å². The number of rotatable bonds is 7. The molecule has 0 saturated heterocycles. The van der Waals surface area contributed by atoms with Crippen molar-refractivity contribution < 1.29 is 18.7 Å². The summed E-state index contributed by atoms with van der Waals surface area (Å²) in [7, 11) is 1.31. The third kappa shape index (κ3) is 6.95. The van der Waals surface area contributed by atoms with Gasteiger partial charge >= 0.3 is 5.97 Å². The Bertz CT molecular complexity index is 587. The first-order chi connectivity index (χ1) is 10.8. The van der Waals surface area contributed by atoms with Gasteiger partial charge in [0.1, 0.15) is 5.82 Å². The minimum Gasteiger partial charge on any atom is -0.469 e. The van der Waals surface area contributed by atoms with Gasteiger partial charge in [-0.3, -0.25) is 9.59 Å². The highest BCUT2D eigenvalue weighted by Gasteiger charge is 2.14. The van der Waals surface area contributed by atoms with Crippen molar-refractivity contribution in [2.75, 3.05) is 20.2 Å². The zero-order valence-corrected chi connectivity index (χ0v) is 15.1. The number of nitrogens with zero attached hydrogens (tertiary/aromatic N) is 1. The molecule has 126 valence electrons. The van der Waals surface area contributed by atoms with E-state index in [2.05, 4.69) is 20.7 Å². The summed E-state index contributed by atoms with van der Waals surface area (Å²) in [6.45, 7) is 4.75. The van der Waals surface area contributed by atoms with Crippen LogP contribution in [0.5, 0.6) is 0 Å². The van der Waals surface area contributed by atoms with Crippen molar-refractivity contribution in [2.24, 2.45) is 5.92 Å². The molecule has 23 heavy (non-hydrogen) atoms. The fourth-order valence-electron chi connectivity index (χ4n) is 1.97. The second-order valence-corrected chi connectivity index (χ2v) is 6.42. The van der Waals surface area contributed by atoms with Crippen LogP contribution in [0, 0.1) is 11.7 Å². The molecule has 1 amide bonds. The normalized spacial score (nSPS) is 11.0. The van der Waals surface area contributed by atoms with Gasteiger partial charge in [-0.2, -0.15) is 0 Å². The van der Waals surface area contributed by atoms with Crippen molar-refractivity contribution in [1.29, 1.82) is 0 Å². The predicted octanol–water partition coefficient (Wildman–Crippen LogP) is 3.65. The minimum atomic E-state index is -0.401. The highest BCUT2D eigenvalue weighted by atomic mass is 79.9.